The fraction of sp³-hybridized carbons (Fsp3) is 0.762. The average Bonchev–Trinajstić information content (AvgIpc) is 2.83. The number of hydrogen-bond donors (Lipinski definition) is 0. The first-order chi connectivity index (χ1) is 11.2. The van der Waals surface area contributed by atoms with Crippen LogP contribution in [0, 0.1) is 5.92 Å². The molecule has 0 aromatic rings. The van der Waals surface area contributed by atoms with E-state index in [9.17, 15) is 4.79 Å². The molecule has 0 amide bonds. The molecule has 2 aliphatic rings. The number of allylic oxidation sites excluding steroid dienone is 2. The second-order valence-electron chi connectivity index (χ2n) is 8.28. The van der Waals surface area contributed by atoms with Crippen molar-refractivity contribution in [3.05, 3.63) is 23.3 Å². The summed E-state index contributed by atoms with van der Waals surface area (Å²) in [6.45, 7) is 12.5. The summed E-state index contributed by atoms with van der Waals surface area (Å²) in [4.78, 5) is 11.7. The Morgan fingerprint density at radius 1 is 1.25 bits per heavy atom. The number of carbonyl (C=O) groups is 1. The molecule has 3 nitrogen and oxygen atoms in total. The van der Waals surface area contributed by atoms with Crippen LogP contribution in [0.4, 0.5) is 0 Å². The summed E-state index contributed by atoms with van der Waals surface area (Å²) in [7, 11) is 0. The number of fused-ring (bicyclic) bond motifs is 2. The maximum Gasteiger partial charge on any atom is 0.303 e. The SMILES string of the molecule is CC(=O)O[C@H]1C/C(C)=C/CC/C(C)=C/CC2(C(C)C)CCC1(C)O2. The number of ether oxygens (including phenoxy) is 2. The molecule has 2 unspecified atom stereocenters. The Balaban J connectivity index is 2.38. The van der Waals surface area contributed by atoms with Gasteiger partial charge in [-0.3, -0.25) is 4.79 Å². The van der Waals surface area contributed by atoms with Crippen LogP contribution >= 0.6 is 0 Å². The zero-order valence-corrected chi connectivity index (χ0v) is 16.3. The van der Waals surface area contributed by atoms with Crippen LogP contribution in [0.2, 0.25) is 0 Å². The van der Waals surface area contributed by atoms with Crippen molar-refractivity contribution < 1.29 is 14.3 Å². The van der Waals surface area contributed by atoms with E-state index in [1.165, 1.54) is 18.1 Å². The van der Waals surface area contributed by atoms with Crippen molar-refractivity contribution in [3.8, 4) is 0 Å². The first-order valence-corrected chi connectivity index (χ1v) is 9.35. The molecule has 1 saturated heterocycles. The number of esters is 1. The Kier molecular flexibility index (Phi) is 5.95. The molecule has 2 aliphatic heterocycles. The van der Waals surface area contributed by atoms with E-state index < -0.39 is 5.60 Å². The van der Waals surface area contributed by atoms with E-state index in [2.05, 4.69) is 46.8 Å². The highest BCUT2D eigenvalue weighted by molar-refractivity contribution is 5.66. The van der Waals surface area contributed by atoms with Gasteiger partial charge in [0.2, 0.25) is 0 Å². The van der Waals surface area contributed by atoms with Crippen LogP contribution < -0.4 is 0 Å². The molecular weight excluding hydrogens is 300 g/mol. The molecule has 2 heterocycles. The van der Waals surface area contributed by atoms with Crippen molar-refractivity contribution in [2.75, 3.05) is 0 Å². The van der Waals surface area contributed by atoms with Crippen LogP contribution in [0.5, 0.6) is 0 Å². The molecule has 2 bridgehead atoms. The van der Waals surface area contributed by atoms with E-state index >= 15 is 0 Å². The van der Waals surface area contributed by atoms with E-state index in [1.807, 2.05) is 0 Å². The van der Waals surface area contributed by atoms with Crippen LogP contribution in [-0.2, 0) is 14.3 Å². The molecule has 24 heavy (non-hydrogen) atoms. The summed E-state index contributed by atoms with van der Waals surface area (Å²) < 4.78 is 12.5. The summed E-state index contributed by atoms with van der Waals surface area (Å²) in [6.07, 6.45) is 10.2. The van der Waals surface area contributed by atoms with E-state index in [0.717, 1.165) is 38.5 Å². The normalized spacial score (nSPS) is 39.2. The third-order valence-corrected chi connectivity index (χ3v) is 5.86. The molecule has 0 spiro atoms. The number of rotatable bonds is 2. The quantitative estimate of drug-likeness (QED) is 0.504. The fourth-order valence-electron chi connectivity index (χ4n) is 3.99. The van der Waals surface area contributed by atoms with Gasteiger partial charge in [-0.2, -0.15) is 0 Å². The zero-order valence-electron chi connectivity index (χ0n) is 16.3. The van der Waals surface area contributed by atoms with Crippen molar-refractivity contribution in [2.45, 2.75) is 97.4 Å². The Labute approximate surface area is 147 Å². The molecule has 136 valence electrons. The third-order valence-electron chi connectivity index (χ3n) is 5.86. The Bertz CT molecular complexity index is 531. The Morgan fingerprint density at radius 2 is 1.96 bits per heavy atom. The summed E-state index contributed by atoms with van der Waals surface area (Å²) in [6, 6.07) is 0. The van der Waals surface area contributed by atoms with Crippen molar-refractivity contribution >= 4 is 5.97 Å². The van der Waals surface area contributed by atoms with E-state index in [-0.39, 0.29) is 17.7 Å². The second-order valence-corrected chi connectivity index (χ2v) is 8.28. The van der Waals surface area contributed by atoms with Gasteiger partial charge in [-0.05, 0) is 58.8 Å². The predicted octanol–water partition coefficient (Wildman–Crippen LogP) is 5.35. The van der Waals surface area contributed by atoms with Gasteiger partial charge in [0.25, 0.3) is 0 Å². The maximum absolute atomic E-state index is 11.7. The van der Waals surface area contributed by atoms with Crippen molar-refractivity contribution in [1.82, 2.24) is 0 Å². The van der Waals surface area contributed by atoms with Gasteiger partial charge in [-0.1, -0.05) is 37.1 Å². The first kappa shape index (κ1) is 19.2. The highest BCUT2D eigenvalue weighted by Crippen LogP contribution is 2.48. The van der Waals surface area contributed by atoms with Gasteiger partial charge in [0, 0.05) is 13.3 Å². The van der Waals surface area contributed by atoms with E-state index in [4.69, 9.17) is 9.47 Å². The minimum Gasteiger partial charge on any atom is -0.459 e. The lowest BCUT2D eigenvalue weighted by molar-refractivity contribution is -0.185. The van der Waals surface area contributed by atoms with Gasteiger partial charge in [-0.25, -0.2) is 0 Å². The highest BCUT2D eigenvalue weighted by Gasteiger charge is 2.52. The highest BCUT2D eigenvalue weighted by atomic mass is 16.6. The van der Waals surface area contributed by atoms with E-state index in [1.54, 1.807) is 0 Å². The molecule has 0 saturated carbocycles. The first-order valence-electron chi connectivity index (χ1n) is 9.35. The van der Waals surface area contributed by atoms with Crippen LogP contribution in [0.1, 0.15) is 80.1 Å². The second kappa shape index (κ2) is 7.43. The van der Waals surface area contributed by atoms with E-state index in [0.29, 0.717) is 5.92 Å². The van der Waals surface area contributed by atoms with Crippen LogP contribution in [0.3, 0.4) is 0 Å². The molecular formula is C21H34O3. The molecule has 3 atom stereocenters. The van der Waals surface area contributed by atoms with Gasteiger partial charge in [0.15, 0.2) is 0 Å². The largest absolute Gasteiger partial charge is 0.459 e. The minimum atomic E-state index is -0.411. The average molecular weight is 335 g/mol. The van der Waals surface area contributed by atoms with Gasteiger partial charge in [-0.15, -0.1) is 0 Å². The smallest absolute Gasteiger partial charge is 0.303 e. The number of hydrogen-bond acceptors (Lipinski definition) is 3. The number of carbonyl (C=O) groups excluding carboxylic acids is 1. The van der Waals surface area contributed by atoms with Gasteiger partial charge in [0.05, 0.1) is 5.60 Å². The summed E-state index contributed by atoms with van der Waals surface area (Å²) in [5, 5.41) is 0. The lowest BCUT2D eigenvalue weighted by atomic mass is 9.83. The van der Waals surface area contributed by atoms with Gasteiger partial charge >= 0.3 is 5.97 Å². The molecule has 2 rings (SSSR count). The van der Waals surface area contributed by atoms with Gasteiger partial charge < -0.3 is 9.47 Å². The zero-order chi connectivity index (χ0) is 18.0. The molecule has 3 heteroatoms. The third kappa shape index (κ3) is 4.30. The molecule has 0 aliphatic carbocycles. The molecule has 1 fully saturated rings. The van der Waals surface area contributed by atoms with Crippen molar-refractivity contribution in [3.63, 3.8) is 0 Å². The van der Waals surface area contributed by atoms with Crippen LogP contribution in [0.15, 0.2) is 23.3 Å². The van der Waals surface area contributed by atoms with Crippen molar-refractivity contribution in [1.29, 1.82) is 0 Å². The monoisotopic (exact) mass is 334 g/mol. The molecule has 0 aromatic carbocycles. The molecule has 0 aromatic heterocycles. The standard InChI is InChI=1S/C21H34O3/c1-15(2)21-11-10-16(3)8-7-9-17(4)14-19(23-18(5)22)20(6,24-21)12-13-21/h9-10,15,19H,7-8,11-14H2,1-6H3/b16-10+,17-9+/t19-,20?,21?/m0/s1. The predicted molar refractivity (Wildman–Crippen MR) is 97.8 cm³/mol. The topological polar surface area (TPSA) is 35.5 Å². The summed E-state index contributed by atoms with van der Waals surface area (Å²) >= 11 is 0. The lowest BCUT2D eigenvalue weighted by Gasteiger charge is -2.39. The Hall–Kier alpha value is -1.09. The minimum absolute atomic E-state index is 0.148. The summed E-state index contributed by atoms with van der Waals surface area (Å²) in [5.41, 5.74) is 2.16. The van der Waals surface area contributed by atoms with Crippen LogP contribution in [-0.4, -0.2) is 23.3 Å². The van der Waals surface area contributed by atoms with Gasteiger partial charge in [0.1, 0.15) is 11.7 Å². The lowest BCUT2D eigenvalue weighted by Crippen LogP contribution is -2.46. The van der Waals surface area contributed by atoms with Crippen LogP contribution in [0.25, 0.3) is 0 Å². The summed E-state index contributed by atoms with van der Waals surface area (Å²) in [5.74, 6) is 0.212. The maximum atomic E-state index is 11.7. The molecule has 0 radical (unpaired) electrons. The molecule has 0 N–H and O–H groups in total. The Morgan fingerprint density at radius 3 is 2.58 bits per heavy atom. The van der Waals surface area contributed by atoms with Crippen molar-refractivity contribution in [2.24, 2.45) is 5.92 Å². The fourth-order valence-corrected chi connectivity index (χ4v) is 3.99.